The minimum absolute atomic E-state index is 0.00574. The Hall–Kier alpha value is -3.47. The predicted molar refractivity (Wildman–Crippen MR) is 163 cm³/mol. The molecule has 2 aliphatic rings. The van der Waals surface area contributed by atoms with Crippen LogP contribution in [0.4, 0.5) is 16.6 Å². The van der Waals surface area contributed by atoms with Crippen molar-refractivity contribution in [1.29, 1.82) is 0 Å². The summed E-state index contributed by atoms with van der Waals surface area (Å²) in [5.74, 6) is 1.79. The third-order valence-corrected chi connectivity index (χ3v) is 8.42. The van der Waals surface area contributed by atoms with Crippen LogP contribution in [0.15, 0.2) is 29.8 Å². The smallest absolute Gasteiger partial charge is 0.410 e. The molecule has 1 spiro atoms. The van der Waals surface area contributed by atoms with Gasteiger partial charge in [0.25, 0.3) is 0 Å². The van der Waals surface area contributed by atoms with Gasteiger partial charge in [0.2, 0.25) is 11.9 Å². The van der Waals surface area contributed by atoms with Crippen LogP contribution in [0, 0.1) is 11.3 Å². The lowest BCUT2D eigenvalue weighted by Gasteiger charge is -2.47. The number of carbonyl (C=O) groups excluding carboxylic acids is 2. The second kappa shape index (κ2) is 11.4. The van der Waals surface area contributed by atoms with E-state index in [-0.39, 0.29) is 23.5 Å². The van der Waals surface area contributed by atoms with Gasteiger partial charge in [-0.05, 0) is 51.7 Å². The number of hydrogen-bond acceptors (Lipinski definition) is 9. The molecule has 3 aromatic rings. The number of rotatable bonds is 8. The van der Waals surface area contributed by atoms with Gasteiger partial charge >= 0.3 is 6.09 Å². The van der Waals surface area contributed by atoms with E-state index in [1.807, 2.05) is 32.2 Å². The number of amides is 2. The second-order valence-corrected chi connectivity index (χ2v) is 13.7. The first-order chi connectivity index (χ1) is 19.4. The molecule has 2 N–H and O–H groups in total. The Morgan fingerprint density at radius 3 is 2.61 bits per heavy atom. The number of thiazole rings is 1. The molecule has 0 unspecified atom stereocenters. The van der Waals surface area contributed by atoms with Crippen molar-refractivity contribution in [1.82, 2.24) is 25.2 Å². The number of benzene rings is 1. The molecular weight excluding hydrogens is 538 g/mol. The van der Waals surface area contributed by atoms with Gasteiger partial charge in [-0.3, -0.25) is 4.79 Å². The van der Waals surface area contributed by atoms with E-state index in [1.54, 1.807) is 29.5 Å². The van der Waals surface area contributed by atoms with Crippen molar-refractivity contribution in [2.75, 3.05) is 43.4 Å². The molecule has 10 nitrogen and oxygen atoms in total. The minimum atomic E-state index is -0.507. The zero-order chi connectivity index (χ0) is 29.4. The molecule has 2 saturated heterocycles. The molecule has 41 heavy (non-hydrogen) atoms. The van der Waals surface area contributed by atoms with Crippen molar-refractivity contribution in [3.63, 3.8) is 0 Å². The molecule has 0 saturated carbocycles. The summed E-state index contributed by atoms with van der Waals surface area (Å²) in [7, 11) is 1.67. The predicted octanol–water partition coefficient (Wildman–Crippen LogP) is 5.16. The largest absolute Gasteiger partial charge is 0.444 e. The summed E-state index contributed by atoms with van der Waals surface area (Å²) in [6.45, 7) is 12.9. The maximum atomic E-state index is 12.6. The fourth-order valence-corrected chi connectivity index (χ4v) is 6.37. The number of aromatic nitrogens is 3. The van der Waals surface area contributed by atoms with E-state index in [1.165, 1.54) is 0 Å². The normalized spacial score (nSPS) is 17.1. The molecule has 0 radical (unpaired) electrons. The zero-order valence-electron chi connectivity index (χ0n) is 24.9. The summed E-state index contributed by atoms with van der Waals surface area (Å²) in [4.78, 5) is 43.5. The SMILES string of the molecule is CNC(=O)C[C@H](CC(C)C)Nc1nc(N2CCC3(CN(C(=O)OC(C)(C)C)C3)C2)nc2cc(-c3nccs3)ccc12. The molecule has 5 rings (SSSR count). The Kier molecular flexibility index (Phi) is 8.09. The topological polar surface area (TPSA) is 113 Å². The number of ether oxygens (including phenoxy) is 1. The molecular formula is C30H41N7O3S. The Labute approximate surface area is 245 Å². The van der Waals surface area contributed by atoms with Crippen molar-refractivity contribution in [3.8, 4) is 10.6 Å². The van der Waals surface area contributed by atoms with Crippen LogP contribution in [0.2, 0.25) is 0 Å². The number of hydrogen-bond donors (Lipinski definition) is 2. The van der Waals surface area contributed by atoms with E-state index >= 15 is 0 Å². The van der Waals surface area contributed by atoms with Crippen LogP contribution in [0.25, 0.3) is 21.5 Å². The first-order valence-corrected chi connectivity index (χ1v) is 15.2. The van der Waals surface area contributed by atoms with Crippen molar-refractivity contribution in [2.24, 2.45) is 11.3 Å². The molecule has 0 aliphatic carbocycles. The summed E-state index contributed by atoms with van der Waals surface area (Å²) >= 11 is 1.59. The highest BCUT2D eigenvalue weighted by Gasteiger charge is 2.50. The Bertz CT molecular complexity index is 1400. The number of anilines is 2. The zero-order valence-corrected chi connectivity index (χ0v) is 25.7. The Morgan fingerprint density at radius 1 is 1.17 bits per heavy atom. The van der Waals surface area contributed by atoms with Crippen molar-refractivity contribution in [3.05, 3.63) is 29.8 Å². The van der Waals surface area contributed by atoms with Crippen LogP contribution in [0.3, 0.4) is 0 Å². The summed E-state index contributed by atoms with van der Waals surface area (Å²) in [6.07, 6.45) is 3.71. The van der Waals surface area contributed by atoms with Gasteiger partial charge in [-0.25, -0.2) is 14.8 Å². The molecule has 1 aromatic carbocycles. The molecule has 220 valence electrons. The highest BCUT2D eigenvalue weighted by atomic mass is 32.1. The number of likely N-dealkylation sites (tertiary alicyclic amines) is 1. The fraction of sp³-hybridized carbons (Fsp3) is 0.567. The lowest BCUT2D eigenvalue weighted by atomic mass is 9.79. The van der Waals surface area contributed by atoms with E-state index < -0.39 is 5.60 Å². The van der Waals surface area contributed by atoms with Crippen LogP contribution >= 0.6 is 11.3 Å². The van der Waals surface area contributed by atoms with Crippen molar-refractivity contribution < 1.29 is 14.3 Å². The van der Waals surface area contributed by atoms with E-state index in [9.17, 15) is 9.59 Å². The monoisotopic (exact) mass is 579 g/mol. The summed E-state index contributed by atoms with van der Waals surface area (Å²) in [5.41, 5.74) is 1.35. The van der Waals surface area contributed by atoms with Gasteiger partial charge in [0.05, 0.1) is 5.52 Å². The van der Waals surface area contributed by atoms with Gasteiger partial charge in [0.1, 0.15) is 16.4 Å². The van der Waals surface area contributed by atoms with E-state index in [2.05, 4.69) is 46.5 Å². The molecule has 4 heterocycles. The van der Waals surface area contributed by atoms with Gasteiger partial charge in [-0.15, -0.1) is 11.3 Å². The first-order valence-electron chi connectivity index (χ1n) is 14.4. The van der Waals surface area contributed by atoms with E-state index in [4.69, 9.17) is 14.7 Å². The fourth-order valence-electron chi connectivity index (χ4n) is 5.73. The number of nitrogens with zero attached hydrogens (tertiary/aromatic N) is 5. The highest BCUT2D eigenvalue weighted by Crippen LogP contribution is 2.42. The average molecular weight is 580 g/mol. The molecule has 2 amide bonds. The van der Waals surface area contributed by atoms with E-state index in [0.717, 1.165) is 53.2 Å². The van der Waals surface area contributed by atoms with Gasteiger partial charge in [-0.2, -0.15) is 4.98 Å². The Balaban J connectivity index is 1.43. The molecule has 2 aliphatic heterocycles. The molecule has 0 bridgehead atoms. The average Bonchev–Trinajstić information content (AvgIpc) is 3.57. The van der Waals surface area contributed by atoms with Gasteiger partial charge in [0.15, 0.2) is 0 Å². The molecule has 11 heteroatoms. The standard InChI is InChI=1S/C30H41N7O3S/c1-19(2)13-21(15-24(38)31-6)33-25-22-8-7-20(26-32-10-12-41-26)14-23(22)34-27(35-25)36-11-9-30(16-36)17-37(18-30)28(39)40-29(3,4)5/h7-8,10,12,14,19,21H,9,11,13,15-18H2,1-6H3,(H,31,38)(H,33,34,35)/t21-/m0/s1. The molecule has 2 aromatic heterocycles. The van der Waals surface area contributed by atoms with Crippen LogP contribution in [-0.2, 0) is 9.53 Å². The van der Waals surface area contributed by atoms with Gasteiger partial charge in [-0.1, -0.05) is 19.9 Å². The lowest BCUT2D eigenvalue weighted by molar-refractivity contribution is -0.120. The third kappa shape index (κ3) is 6.72. The van der Waals surface area contributed by atoms with E-state index in [0.29, 0.717) is 31.4 Å². The summed E-state index contributed by atoms with van der Waals surface area (Å²) < 4.78 is 5.57. The molecule has 2 fully saturated rings. The van der Waals surface area contributed by atoms with Gasteiger partial charge < -0.3 is 25.2 Å². The third-order valence-electron chi connectivity index (χ3n) is 7.60. The quantitative estimate of drug-likeness (QED) is 0.376. The maximum Gasteiger partial charge on any atom is 0.410 e. The maximum absolute atomic E-state index is 12.6. The second-order valence-electron chi connectivity index (χ2n) is 12.8. The van der Waals surface area contributed by atoms with Crippen molar-refractivity contribution in [2.45, 2.75) is 65.5 Å². The highest BCUT2D eigenvalue weighted by molar-refractivity contribution is 7.13. The lowest BCUT2D eigenvalue weighted by Crippen LogP contribution is -2.60. The number of nitrogens with one attached hydrogen (secondary N) is 2. The van der Waals surface area contributed by atoms with Crippen LogP contribution in [-0.4, -0.2) is 76.7 Å². The first kappa shape index (κ1) is 29.0. The summed E-state index contributed by atoms with van der Waals surface area (Å²) in [5, 5.41) is 10.2. The van der Waals surface area contributed by atoms with Crippen LogP contribution in [0.5, 0.6) is 0 Å². The Morgan fingerprint density at radius 2 is 1.95 bits per heavy atom. The summed E-state index contributed by atoms with van der Waals surface area (Å²) in [6, 6.07) is 6.09. The van der Waals surface area contributed by atoms with Crippen LogP contribution < -0.4 is 15.5 Å². The number of carbonyl (C=O) groups is 2. The molecule has 1 atom stereocenters. The van der Waals surface area contributed by atoms with Gasteiger partial charge in [0, 0.05) is 73.6 Å². The minimum Gasteiger partial charge on any atom is -0.444 e. The number of fused-ring (bicyclic) bond motifs is 1. The van der Waals surface area contributed by atoms with Crippen LogP contribution in [0.1, 0.15) is 53.9 Å². The van der Waals surface area contributed by atoms with Crippen molar-refractivity contribution >= 4 is 46.0 Å².